The lowest BCUT2D eigenvalue weighted by atomic mass is 10.1. The molecule has 0 aromatic heterocycles. The van der Waals surface area contributed by atoms with Crippen LogP contribution in [0.25, 0.3) is 0 Å². The third-order valence-corrected chi connectivity index (χ3v) is 3.13. The molecule has 0 aliphatic carbocycles. The maximum absolute atomic E-state index is 11.9. The Morgan fingerprint density at radius 3 is 2.59 bits per heavy atom. The molecule has 0 radical (unpaired) electrons. The first-order valence-electron chi connectivity index (χ1n) is 6.79. The van der Waals surface area contributed by atoms with Gasteiger partial charge in [-0.3, -0.25) is 9.79 Å². The van der Waals surface area contributed by atoms with Gasteiger partial charge in [0.15, 0.2) is 5.78 Å². The second kappa shape index (κ2) is 8.34. The van der Waals surface area contributed by atoms with Crippen LogP contribution in [0.5, 0.6) is 0 Å². The number of allylic oxidation sites excluding steroid dienone is 2. The average Bonchev–Trinajstić information content (AvgIpc) is 2.45. The van der Waals surface area contributed by atoms with Crippen LogP contribution in [-0.4, -0.2) is 29.7 Å². The number of hydrogen-bond acceptors (Lipinski definition) is 5. The summed E-state index contributed by atoms with van der Waals surface area (Å²) in [5.74, 6) is -0.978. The minimum absolute atomic E-state index is 0.0787. The second-order valence-corrected chi connectivity index (χ2v) is 4.97. The van der Waals surface area contributed by atoms with E-state index in [9.17, 15) is 14.7 Å². The number of benzene rings is 1. The number of aliphatic hydroxyl groups excluding tert-OH is 1. The first-order valence-corrected chi connectivity index (χ1v) is 7.16. The van der Waals surface area contributed by atoms with Crippen LogP contribution in [0.2, 0.25) is 5.02 Å². The standard InChI is InChI=1S/C16H18ClNO4/c1-4-8-22-16(21)12-6-5-7-14(15(12)17)18-9-13(10(2)19)11(3)20/h5-7,9,19H,4,8H2,1-3H3. The van der Waals surface area contributed by atoms with E-state index in [2.05, 4.69) is 4.99 Å². The molecule has 1 rings (SSSR count). The fraction of sp³-hybridized carbons (Fsp3) is 0.312. The lowest BCUT2D eigenvalue weighted by Crippen LogP contribution is -2.06. The predicted octanol–water partition coefficient (Wildman–Crippen LogP) is 4.03. The van der Waals surface area contributed by atoms with E-state index >= 15 is 0 Å². The van der Waals surface area contributed by atoms with Gasteiger partial charge in [0, 0.05) is 6.21 Å². The minimum atomic E-state index is -0.524. The summed E-state index contributed by atoms with van der Waals surface area (Å²) in [7, 11) is 0. The number of halogens is 1. The average molecular weight is 324 g/mol. The Kier molecular flexibility index (Phi) is 6.79. The first-order chi connectivity index (χ1) is 10.4. The van der Waals surface area contributed by atoms with Gasteiger partial charge in [0.25, 0.3) is 0 Å². The molecule has 5 nitrogen and oxygen atoms in total. The number of rotatable bonds is 6. The lowest BCUT2D eigenvalue weighted by Gasteiger charge is -2.07. The molecule has 1 N–H and O–H groups in total. The maximum Gasteiger partial charge on any atom is 0.339 e. The molecule has 0 saturated carbocycles. The van der Waals surface area contributed by atoms with Crippen LogP contribution < -0.4 is 0 Å². The molecular formula is C16H18ClNO4. The Balaban J connectivity index is 3.10. The van der Waals surface area contributed by atoms with Crippen molar-refractivity contribution in [1.82, 2.24) is 0 Å². The molecule has 0 aliphatic heterocycles. The van der Waals surface area contributed by atoms with Crippen molar-refractivity contribution in [3.05, 3.63) is 40.1 Å². The molecule has 0 saturated heterocycles. The monoisotopic (exact) mass is 323 g/mol. The van der Waals surface area contributed by atoms with Crippen LogP contribution in [0.3, 0.4) is 0 Å². The molecule has 1 aromatic carbocycles. The van der Waals surface area contributed by atoms with Crippen molar-refractivity contribution < 1.29 is 19.4 Å². The topological polar surface area (TPSA) is 76.0 Å². The van der Waals surface area contributed by atoms with Crippen molar-refractivity contribution in [3.63, 3.8) is 0 Å². The zero-order valence-electron chi connectivity index (χ0n) is 12.7. The quantitative estimate of drug-likeness (QED) is 0.371. The fourth-order valence-corrected chi connectivity index (χ4v) is 1.87. The van der Waals surface area contributed by atoms with Gasteiger partial charge >= 0.3 is 5.97 Å². The SMILES string of the molecule is CCCOC(=O)c1cccc(N=CC(C(C)=O)=C(C)O)c1Cl. The molecule has 0 amide bonds. The smallest absolute Gasteiger partial charge is 0.339 e. The number of carbonyl (C=O) groups excluding carboxylic acids is 2. The van der Waals surface area contributed by atoms with Crippen LogP contribution in [0.1, 0.15) is 37.6 Å². The van der Waals surface area contributed by atoms with Gasteiger partial charge in [-0.2, -0.15) is 0 Å². The zero-order chi connectivity index (χ0) is 16.7. The number of hydrogen-bond donors (Lipinski definition) is 1. The Hall–Kier alpha value is -2.14. The van der Waals surface area contributed by atoms with Gasteiger partial charge < -0.3 is 9.84 Å². The number of aliphatic imine (C=N–C) groups is 1. The number of ether oxygens (including phenoxy) is 1. The Morgan fingerprint density at radius 1 is 1.36 bits per heavy atom. The molecule has 0 spiro atoms. The summed E-state index contributed by atoms with van der Waals surface area (Å²) in [6.07, 6.45) is 1.93. The molecule has 6 heteroatoms. The second-order valence-electron chi connectivity index (χ2n) is 4.59. The summed E-state index contributed by atoms with van der Waals surface area (Å²) in [4.78, 5) is 27.3. The number of carbonyl (C=O) groups is 2. The van der Waals surface area contributed by atoms with Gasteiger partial charge in [0.2, 0.25) is 0 Å². The molecule has 0 fully saturated rings. The molecule has 0 aliphatic rings. The van der Waals surface area contributed by atoms with E-state index in [-0.39, 0.29) is 27.7 Å². The summed E-state index contributed by atoms with van der Waals surface area (Å²) in [5.41, 5.74) is 0.599. The summed E-state index contributed by atoms with van der Waals surface area (Å²) in [5, 5.41) is 9.57. The van der Waals surface area contributed by atoms with Crippen molar-refractivity contribution in [1.29, 1.82) is 0 Å². The number of nitrogens with zero attached hydrogens (tertiary/aromatic N) is 1. The van der Waals surface area contributed by atoms with Crippen molar-refractivity contribution >= 4 is 35.3 Å². The first kappa shape index (κ1) is 17.9. The highest BCUT2D eigenvalue weighted by Gasteiger charge is 2.14. The van der Waals surface area contributed by atoms with Crippen LogP contribution >= 0.6 is 11.6 Å². The summed E-state index contributed by atoms with van der Waals surface area (Å²) >= 11 is 6.15. The lowest BCUT2D eigenvalue weighted by molar-refractivity contribution is -0.113. The number of Topliss-reactive ketones (excluding diaryl/α,β-unsaturated/α-hetero) is 1. The van der Waals surface area contributed by atoms with E-state index < -0.39 is 5.97 Å². The Morgan fingerprint density at radius 2 is 2.05 bits per heavy atom. The van der Waals surface area contributed by atoms with Crippen molar-refractivity contribution in [3.8, 4) is 0 Å². The van der Waals surface area contributed by atoms with Gasteiger partial charge in [-0.15, -0.1) is 0 Å². The van der Waals surface area contributed by atoms with Crippen molar-refractivity contribution in [2.24, 2.45) is 4.99 Å². The van der Waals surface area contributed by atoms with Crippen molar-refractivity contribution in [2.45, 2.75) is 27.2 Å². The normalized spacial score (nSPS) is 12.2. The number of ketones is 1. The van der Waals surface area contributed by atoms with Gasteiger partial charge in [-0.1, -0.05) is 24.6 Å². The molecule has 22 heavy (non-hydrogen) atoms. The highest BCUT2D eigenvalue weighted by molar-refractivity contribution is 6.36. The molecular weight excluding hydrogens is 306 g/mol. The molecule has 0 bridgehead atoms. The summed E-state index contributed by atoms with van der Waals surface area (Å²) in [6, 6.07) is 4.75. The highest BCUT2D eigenvalue weighted by atomic mass is 35.5. The minimum Gasteiger partial charge on any atom is -0.512 e. The van der Waals surface area contributed by atoms with E-state index in [1.165, 1.54) is 20.1 Å². The Bertz CT molecular complexity index is 631. The zero-order valence-corrected chi connectivity index (χ0v) is 13.5. The van der Waals surface area contributed by atoms with E-state index in [4.69, 9.17) is 16.3 Å². The van der Waals surface area contributed by atoms with Crippen LogP contribution in [-0.2, 0) is 9.53 Å². The number of esters is 1. The van der Waals surface area contributed by atoms with Crippen molar-refractivity contribution in [2.75, 3.05) is 6.61 Å². The van der Waals surface area contributed by atoms with Crippen LogP contribution in [0.4, 0.5) is 5.69 Å². The molecule has 118 valence electrons. The van der Waals surface area contributed by atoms with E-state index in [0.29, 0.717) is 18.7 Å². The largest absolute Gasteiger partial charge is 0.512 e. The third kappa shape index (κ3) is 4.70. The molecule has 0 atom stereocenters. The third-order valence-electron chi connectivity index (χ3n) is 2.74. The molecule has 0 heterocycles. The van der Waals surface area contributed by atoms with Gasteiger partial charge in [0.05, 0.1) is 28.5 Å². The Labute approximate surface area is 134 Å². The fourth-order valence-electron chi connectivity index (χ4n) is 1.62. The van der Waals surface area contributed by atoms with Crippen LogP contribution in [0, 0.1) is 0 Å². The summed E-state index contributed by atoms with van der Waals surface area (Å²) in [6.45, 7) is 4.91. The number of aliphatic hydroxyl groups is 1. The maximum atomic E-state index is 11.9. The van der Waals surface area contributed by atoms with Crippen LogP contribution in [0.15, 0.2) is 34.5 Å². The van der Waals surface area contributed by atoms with Gasteiger partial charge in [0.1, 0.15) is 5.76 Å². The van der Waals surface area contributed by atoms with Gasteiger partial charge in [-0.25, -0.2) is 4.79 Å². The van der Waals surface area contributed by atoms with Gasteiger partial charge in [-0.05, 0) is 32.4 Å². The molecule has 1 aromatic rings. The highest BCUT2D eigenvalue weighted by Crippen LogP contribution is 2.29. The van der Waals surface area contributed by atoms with E-state index in [0.717, 1.165) is 0 Å². The van der Waals surface area contributed by atoms with E-state index in [1.807, 2.05) is 6.92 Å². The summed E-state index contributed by atoms with van der Waals surface area (Å²) < 4.78 is 5.04. The predicted molar refractivity (Wildman–Crippen MR) is 86.2 cm³/mol. The molecule has 0 unspecified atom stereocenters. The van der Waals surface area contributed by atoms with E-state index in [1.54, 1.807) is 18.2 Å².